The summed E-state index contributed by atoms with van der Waals surface area (Å²) in [4.78, 5) is 2.25. The van der Waals surface area contributed by atoms with Crippen LogP contribution in [-0.4, -0.2) is 49.6 Å². The van der Waals surface area contributed by atoms with Gasteiger partial charge < -0.3 is 0 Å². The summed E-state index contributed by atoms with van der Waals surface area (Å²) in [6.07, 6.45) is 3.08. The van der Waals surface area contributed by atoms with Crippen LogP contribution in [0.25, 0.3) is 0 Å². The highest BCUT2D eigenvalue weighted by Gasteiger charge is 2.32. The fourth-order valence-corrected chi connectivity index (χ4v) is 4.19. The third kappa shape index (κ3) is 4.40. The summed E-state index contributed by atoms with van der Waals surface area (Å²) in [6.45, 7) is 5.67. The van der Waals surface area contributed by atoms with Crippen molar-refractivity contribution in [3.63, 3.8) is 0 Å². The molecule has 1 saturated heterocycles. The molecule has 2 rings (SSSR count). The molecule has 1 aromatic rings. The highest BCUT2D eigenvalue weighted by molar-refractivity contribution is 7.89. The monoisotopic (exact) mass is 308 g/mol. The van der Waals surface area contributed by atoms with Crippen LogP contribution in [-0.2, 0) is 16.6 Å². The first-order valence-corrected chi connectivity index (χ1v) is 8.97. The Morgan fingerprint density at radius 1 is 1.38 bits per heavy atom. The summed E-state index contributed by atoms with van der Waals surface area (Å²) in [7, 11) is -1.06. The summed E-state index contributed by atoms with van der Waals surface area (Å²) in [5.41, 5.74) is 1.26. The third-order valence-corrected chi connectivity index (χ3v) is 5.87. The van der Waals surface area contributed by atoms with Crippen molar-refractivity contribution >= 4 is 10.0 Å². The molecule has 0 bridgehead atoms. The second kappa shape index (κ2) is 7.20. The molecule has 0 amide bonds. The number of nitrogens with zero attached hydrogens (tertiary/aromatic N) is 2. The topological polar surface area (TPSA) is 40.6 Å². The van der Waals surface area contributed by atoms with Crippen LogP contribution in [0, 0.1) is 0 Å². The van der Waals surface area contributed by atoms with E-state index in [-0.39, 0.29) is 5.75 Å². The molecule has 21 heavy (non-hydrogen) atoms. The second-order valence-corrected chi connectivity index (χ2v) is 7.68. The van der Waals surface area contributed by atoms with E-state index in [9.17, 15) is 8.42 Å². The van der Waals surface area contributed by atoms with Crippen LogP contribution < -0.4 is 0 Å². The Labute approximate surface area is 128 Å². The van der Waals surface area contributed by atoms with Gasteiger partial charge in [0.25, 0.3) is 0 Å². The highest BCUT2D eigenvalue weighted by atomic mass is 32.2. The number of allylic oxidation sites excluding steroid dienone is 1. The number of sulfonamides is 1. The molecular weight excluding hydrogens is 284 g/mol. The predicted molar refractivity (Wildman–Crippen MR) is 86.5 cm³/mol. The number of rotatable bonds is 7. The summed E-state index contributed by atoms with van der Waals surface area (Å²) in [5.74, 6) is 0.172. The smallest absolute Gasteiger partial charge is 0.214 e. The molecular formula is C16H24N2O2S. The number of hydrogen-bond acceptors (Lipinski definition) is 3. The van der Waals surface area contributed by atoms with Crippen molar-refractivity contribution in [2.24, 2.45) is 0 Å². The fraction of sp³-hybridized carbons (Fsp3) is 0.500. The molecule has 4 nitrogen and oxygen atoms in total. The molecule has 0 spiro atoms. The lowest BCUT2D eigenvalue weighted by molar-refractivity contribution is 0.242. The van der Waals surface area contributed by atoms with Gasteiger partial charge >= 0.3 is 0 Å². The maximum atomic E-state index is 12.2. The summed E-state index contributed by atoms with van der Waals surface area (Å²) in [5, 5.41) is 0. The van der Waals surface area contributed by atoms with Gasteiger partial charge in [-0.25, -0.2) is 12.7 Å². The molecule has 116 valence electrons. The lowest BCUT2D eigenvalue weighted by Crippen LogP contribution is -2.37. The van der Waals surface area contributed by atoms with E-state index in [0.717, 1.165) is 13.0 Å². The minimum absolute atomic E-state index is 0.172. The van der Waals surface area contributed by atoms with E-state index in [2.05, 4.69) is 30.7 Å². The zero-order chi connectivity index (χ0) is 15.3. The van der Waals surface area contributed by atoms with E-state index in [1.807, 2.05) is 18.2 Å². The minimum atomic E-state index is -3.13. The molecule has 0 unspecified atom stereocenters. The molecule has 1 aromatic carbocycles. The summed E-state index contributed by atoms with van der Waals surface area (Å²) >= 11 is 0. The molecule has 0 aliphatic carbocycles. The van der Waals surface area contributed by atoms with E-state index in [1.54, 1.807) is 10.4 Å². The lowest BCUT2D eigenvalue weighted by atomic mass is 10.1. The van der Waals surface area contributed by atoms with Crippen molar-refractivity contribution in [1.82, 2.24) is 9.21 Å². The third-order valence-electron chi connectivity index (χ3n) is 4.00. The summed E-state index contributed by atoms with van der Waals surface area (Å²) < 4.78 is 26.0. The first kappa shape index (κ1) is 16.2. The van der Waals surface area contributed by atoms with Gasteiger partial charge in [0.1, 0.15) is 0 Å². The normalized spacial score (nSPS) is 20.0. The second-order valence-electron chi connectivity index (χ2n) is 5.59. The largest absolute Gasteiger partial charge is 0.298 e. The van der Waals surface area contributed by atoms with Gasteiger partial charge in [0.15, 0.2) is 0 Å². The van der Waals surface area contributed by atoms with Crippen LogP contribution in [0.5, 0.6) is 0 Å². The van der Waals surface area contributed by atoms with Crippen LogP contribution in [0.4, 0.5) is 0 Å². The Hall–Kier alpha value is -1.17. The van der Waals surface area contributed by atoms with Crippen molar-refractivity contribution in [1.29, 1.82) is 0 Å². The zero-order valence-electron chi connectivity index (χ0n) is 12.6. The van der Waals surface area contributed by atoms with E-state index in [0.29, 0.717) is 25.6 Å². The number of hydrogen-bond donors (Lipinski definition) is 0. The Morgan fingerprint density at radius 3 is 2.76 bits per heavy atom. The molecule has 1 aliphatic rings. The lowest BCUT2D eigenvalue weighted by Gasteiger charge is -2.24. The first-order chi connectivity index (χ1) is 10.0. The maximum absolute atomic E-state index is 12.2. The molecule has 0 radical (unpaired) electrons. The van der Waals surface area contributed by atoms with Gasteiger partial charge in [-0.3, -0.25) is 4.90 Å². The first-order valence-electron chi connectivity index (χ1n) is 7.36. The van der Waals surface area contributed by atoms with Crippen molar-refractivity contribution in [2.45, 2.75) is 25.4 Å². The van der Waals surface area contributed by atoms with Gasteiger partial charge in [-0.1, -0.05) is 36.4 Å². The molecule has 1 heterocycles. The van der Waals surface area contributed by atoms with Gasteiger partial charge in [-0.15, -0.1) is 6.58 Å². The molecule has 5 heteroatoms. The van der Waals surface area contributed by atoms with Crippen LogP contribution >= 0.6 is 0 Å². The van der Waals surface area contributed by atoms with Crippen LogP contribution in [0.2, 0.25) is 0 Å². The molecule has 0 saturated carbocycles. The average molecular weight is 308 g/mol. The Bertz CT molecular complexity index is 557. The van der Waals surface area contributed by atoms with Gasteiger partial charge in [0.2, 0.25) is 10.0 Å². The quantitative estimate of drug-likeness (QED) is 0.724. The van der Waals surface area contributed by atoms with Crippen LogP contribution in [0.3, 0.4) is 0 Å². The Morgan fingerprint density at radius 2 is 2.10 bits per heavy atom. The van der Waals surface area contributed by atoms with Crippen molar-refractivity contribution in [2.75, 3.05) is 25.9 Å². The predicted octanol–water partition coefficient (Wildman–Crippen LogP) is 2.10. The van der Waals surface area contributed by atoms with Gasteiger partial charge in [-0.05, 0) is 25.5 Å². The van der Waals surface area contributed by atoms with Crippen LogP contribution in [0.1, 0.15) is 18.4 Å². The zero-order valence-corrected chi connectivity index (χ0v) is 13.4. The summed E-state index contributed by atoms with van der Waals surface area (Å²) in [6, 6.07) is 10.6. The van der Waals surface area contributed by atoms with Crippen molar-refractivity contribution < 1.29 is 8.42 Å². The Balaban J connectivity index is 1.91. The van der Waals surface area contributed by atoms with E-state index >= 15 is 0 Å². The molecule has 1 fully saturated rings. The molecule has 0 aromatic heterocycles. The van der Waals surface area contributed by atoms with Gasteiger partial charge in [0.05, 0.1) is 5.75 Å². The van der Waals surface area contributed by atoms with E-state index in [4.69, 9.17) is 0 Å². The van der Waals surface area contributed by atoms with Crippen LogP contribution in [0.15, 0.2) is 43.0 Å². The minimum Gasteiger partial charge on any atom is -0.298 e. The maximum Gasteiger partial charge on any atom is 0.214 e. The van der Waals surface area contributed by atoms with Gasteiger partial charge in [0, 0.05) is 25.7 Å². The average Bonchev–Trinajstić information content (AvgIpc) is 2.97. The molecule has 1 aliphatic heterocycles. The highest BCUT2D eigenvalue weighted by Crippen LogP contribution is 2.20. The fourth-order valence-electron chi connectivity index (χ4n) is 2.68. The van der Waals surface area contributed by atoms with Gasteiger partial charge in [-0.2, -0.15) is 0 Å². The Kier molecular flexibility index (Phi) is 5.56. The number of likely N-dealkylation sites (N-methyl/N-ethyl adjacent to an activating group) is 1. The SMILES string of the molecule is C=CCCS(=O)(=O)N1CC[C@@H](N(C)Cc2ccccc2)C1. The number of benzene rings is 1. The van der Waals surface area contributed by atoms with Crippen molar-refractivity contribution in [3.05, 3.63) is 48.6 Å². The van der Waals surface area contributed by atoms with Crippen molar-refractivity contribution in [3.8, 4) is 0 Å². The molecule has 1 atom stereocenters. The van der Waals surface area contributed by atoms with E-state index < -0.39 is 10.0 Å². The standard InChI is InChI=1S/C16H24N2O2S/c1-3-4-12-21(19,20)18-11-10-16(14-18)17(2)13-15-8-6-5-7-9-15/h3,5-9,16H,1,4,10-14H2,2H3/t16-/m1/s1. The molecule has 0 N–H and O–H groups in total. The van der Waals surface area contributed by atoms with E-state index in [1.165, 1.54) is 5.56 Å².